The number of hydrogen-bond donors (Lipinski definition) is 0. The standard InChI is InChI=1S/C19H22BrClO3/c20-19-10-13-6-14(11-19)9-18(8-13,12-19)17(22)24-5-4-23-16-3-1-2-15(21)7-16/h1-3,7,13-14H,4-6,8-12H2. The van der Waals surface area contributed by atoms with Gasteiger partial charge in [0.25, 0.3) is 0 Å². The molecule has 4 fully saturated rings. The van der Waals surface area contributed by atoms with Crippen molar-refractivity contribution in [1.29, 1.82) is 0 Å². The first-order chi connectivity index (χ1) is 11.5. The van der Waals surface area contributed by atoms with Crippen LogP contribution in [0, 0.1) is 17.3 Å². The minimum absolute atomic E-state index is 0.0184. The zero-order valence-electron chi connectivity index (χ0n) is 13.6. The third kappa shape index (κ3) is 3.20. The normalized spacial score (nSPS) is 36.6. The molecule has 0 aromatic heterocycles. The van der Waals surface area contributed by atoms with E-state index < -0.39 is 0 Å². The molecule has 0 aliphatic heterocycles. The van der Waals surface area contributed by atoms with Crippen LogP contribution in [0.3, 0.4) is 0 Å². The van der Waals surface area contributed by atoms with E-state index >= 15 is 0 Å². The highest BCUT2D eigenvalue weighted by molar-refractivity contribution is 9.10. The summed E-state index contributed by atoms with van der Waals surface area (Å²) in [4.78, 5) is 12.8. The van der Waals surface area contributed by atoms with Gasteiger partial charge in [0.1, 0.15) is 19.0 Å². The Hall–Kier alpha value is -0.740. The zero-order valence-corrected chi connectivity index (χ0v) is 15.9. The molecule has 4 saturated carbocycles. The first kappa shape index (κ1) is 16.7. The summed E-state index contributed by atoms with van der Waals surface area (Å²) in [5.74, 6) is 2.05. The van der Waals surface area contributed by atoms with Gasteiger partial charge >= 0.3 is 5.97 Å². The molecule has 4 aliphatic rings. The minimum Gasteiger partial charge on any atom is -0.490 e. The van der Waals surface area contributed by atoms with Crippen LogP contribution in [-0.2, 0) is 9.53 Å². The highest BCUT2D eigenvalue weighted by Gasteiger charge is 2.60. The molecule has 1 aromatic carbocycles. The minimum atomic E-state index is -0.260. The summed E-state index contributed by atoms with van der Waals surface area (Å²) in [6, 6.07) is 7.25. The molecule has 0 spiro atoms. The van der Waals surface area contributed by atoms with Crippen LogP contribution in [0.5, 0.6) is 5.75 Å². The third-order valence-corrected chi connectivity index (χ3v) is 6.97. The summed E-state index contributed by atoms with van der Waals surface area (Å²) in [6.07, 6.45) is 6.67. The molecule has 1 aromatic rings. The van der Waals surface area contributed by atoms with E-state index in [0.29, 0.717) is 29.2 Å². The Balaban J connectivity index is 1.32. The fourth-order valence-corrected chi connectivity index (χ4v) is 7.03. The van der Waals surface area contributed by atoms with Crippen LogP contribution in [0.2, 0.25) is 5.02 Å². The van der Waals surface area contributed by atoms with Crippen molar-refractivity contribution in [1.82, 2.24) is 0 Å². The van der Waals surface area contributed by atoms with Gasteiger partial charge in [0, 0.05) is 9.35 Å². The number of esters is 1. The molecule has 0 saturated heterocycles. The number of rotatable bonds is 5. The second kappa shape index (κ2) is 6.21. The molecule has 2 atom stereocenters. The first-order valence-electron chi connectivity index (χ1n) is 8.71. The Labute approximate surface area is 156 Å². The van der Waals surface area contributed by atoms with Gasteiger partial charge in [-0.3, -0.25) is 4.79 Å². The van der Waals surface area contributed by atoms with Crippen LogP contribution in [-0.4, -0.2) is 23.5 Å². The van der Waals surface area contributed by atoms with Crippen LogP contribution in [0.25, 0.3) is 0 Å². The van der Waals surface area contributed by atoms with Gasteiger partial charge in [-0.25, -0.2) is 0 Å². The van der Waals surface area contributed by atoms with Gasteiger partial charge in [-0.1, -0.05) is 33.6 Å². The topological polar surface area (TPSA) is 35.5 Å². The van der Waals surface area contributed by atoms with E-state index in [1.807, 2.05) is 12.1 Å². The van der Waals surface area contributed by atoms with Crippen LogP contribution in [0.1, 0.15) is 38.5 Å². The summed E-state index contributed by atoms with van der Waals surface area (Å²) in [7, 11) is 0. The predicted octanol–water partition coefficient (Wildman–Crippen LogP) is 5.00. The highest BCUT2D eigenvalue weighted by Crippen LogP contribution is 2.64. The van der Waals surface area contributed by atoms with Crippen LogP contribution < -0.4 is 4.74 Å². The van der Waals surface area contributed by atoms with Crippen molar-refractivity contribution in [3.63, 3.8) is 0 Å². The second-order valence-corrected chi connectivity index (χ2v) is 9.95. The fourth-order valence-electron chi connectivity index (χ4n) is 5.39. The van der Waals surface area contributed by atoms with Crippen molar-refractivity contribution in [2.45, 2.75) is 42.8 Å². The molecule has 2 unspecified atom stereocenters. The van der Waals surface area contributed by atoms with Crippen molar-refractivity contribution in [2.24, 2.45) is 17.3 Å². The number of alkyl halides is 1. The summed E-state index contributed by atoms with van der Waals surface area (Å²) in [6.45, 7) is 0.645. The van der Waals surface area contributed by atoms with E-state index in [9.17, 15) is 4.79 Å². The lowest BCUT2D eigenvalue weighted by atomic mass is 9.49. The lowest BCUT2D eigenvalue weighted by Gasteiger charge is -2.58. The molecule has 5 rings (SSSR count). The average Bonchev–Trinajstić information content (AvgIpc) is 2.49. The summed E-state index contributed by atoms with van der Waals surface area (Å²) in [5, 5.41) is 0.640. The molecule has 3 nitrogen and oxygen atoms in total. The van der Waals surface area contributed by atoms with Gasteiger partial charge < -0.3 is 9.47 Å². The Bertz CT molecular complexity index is 633. The molecule has 0 heterocycles. The van der Waals surface area contributed by atoms with E-state index in [-0.39, 0.29) is 22.3 Å². The molecule has 0 amide bonds. The zero-order chi connectivity index (χ0) is 16.8. The Kier molecular flexibility index (Phi) is 4.32. The Morgan fingerprint density at radius 3 is 2.62 bits per heavy atom. The molecular formula is C19H22BrClO3. The lowest BCUT2D eigenvalue weighted by Crippen LogP contribution is -2.56. The summed E-state index contributed by atoms with van der Waals surface area (Å²) >= 11 is 9.86. The average molecular weight is 414 g/mol. The van der Waals surface area contributed by atoms with E-state index in [1.165, 1.54) is 19.3 Å². The number of hydrogen-bond acceptors (Lipinski definition) is 3. The van der Waals surface area contributed by atoms with Gasteiger partial charge in [-0.15, -0.1) is 0 Å². The first-order valence-corrected chi connectivity index (χ1v) is 9.88. The molecule has 0 N–H and O–H groups in total. The van der Waals surface area contributed by atoms with Gasteiger partial charge in [0.15, 0.2) is 0 Å². The summed E-state index contributed by atoms with van der Waals surface area (Å²) < 4.78 is 11.4. The number of ether oxygens (including phenoxy) is 2. The van der Waals surface area contributed by atoms with Gasteiger partial charge in [-0.05, 0) is 68.6 Å². The van der Waals surface area contributed by atoms with Crippen molar-refractivity contribution < 1.29 is 14.3 Å². The van der Waals surface area contributed by atoms with Crippen LogP contribution in [0.15, 0.2) is 24.3 Å². The highest BCUT2D eigenvalue weighted by atomic mass is 79.9. The van der Waals surface area contributed by atoms with Crippen LogP contribution >= 0.6 is 27.5 Å². The van der Waals surface area contributed by atoms with Crippen molar-refractivity contribution >= 4 is 33.5 Å². The maximum Gasteiger partial charge on any atom is 0.312 e. The fraction of sp³-hybridized carbons (Fsp3) is 0.632. The number of carbonyl (C=O) groups is 1. The van der Waals surface area contributed by atoms with E-state index in [0.717, 1.165) is 19.3 Å². The van der Waals surface area contributed by atoms with Crippen LogP contribution in [0.4, 0.5) is 0 Å². The maximum absolute atomic E-state index is 12.8. The molecule has 5 heteroatoms. The monoisotopic (exact) mass is 412 g/mol. The second-order valence-electron chi connectivity index (χ2n) is 7.83. The van der Waals surface area contributed by atoms with E-state index in [4.69, 9.17) is 21.1 Å². The summed E-state index contributed by atoms with van der Waals surface area (Å²) in [5.41, 5.74) is -0.260. The Morgan fingerprint density at radius 1 is 1.21 bits per heavy atom. The van der Waals surface area contributed by atoms with E-state index in [1.54, 1.807) is 12.1 Å². The van der Waals surface area contributed by atoms with Crippen molar-refractivity contribution in [3.8, 4) is 5.75 Å². The predicted molar refractivity (Wildman–Crippen MR) is 96.7 cm³/mol. The molecule has 4 bridgehead atoms. The molecule has 24 heavy (non-hydrogen) atoms. The van der Waals surface area contributed by atoms with Crippen molar-refractivity contribution in [3.05, 3.63) is 29.3 Å². The van der Waals surface area contributed by atoms with Gasteiger partial charge in [0.05, 0.1) is 5.41 Å². The largest absolute Gasteiger partial charge is 0.490 e. The van der Waals surface area contributed by atoms with Crippen molar-refractivity contribution in [2.75, 3.05) is 13.2 Å². The quantitative estimate of drug-likeness (QED) is 0.387. The Morgan fingerprint density at radius 2 is 1.96 bits per heavy atom. The number of carbonyl (C=O) groups excluding carboxylic acids is 1. The lowest BCUT2D eigenvalue weighted by molar-refractivity contribution is -0.170. The molecule has 130 valence electrons. The molecule has 0 radical (unpaired) electrons. The maximum atomic E-state index is 12.8. The molecular weight excluding hydrogens is 392 g/mol. The number of benzene rings is 1. The smallest absolute Gasteiger partial charge is 0.312 e. The molecule has 4 aliphatic carbocycles. The number of halogens is 2. The SMILES string of the molecule is O=C(OCCOc1cccc(Cl)c1)C12CC3CC(CC(Br)(C3)C1)C2. The van der Waals surface area contributed by atoms with E-state index in [2.05, 4.69) is 15.9 Å². The van der Waals surface area contributed by atoms with Gasteiger partial charge in [-0.2, -0.15) is 0 Å². The third-order valence-electron chi connectivity index (χ3n) is 5.80. The van der Waals surface area contributed by atoms with Gasteiger partial charge in [0.2, 0.25) is 0 Å².